The fourth-order valence-electron chi connectivity index (χ4n) is 2.41. The summed E-state index contributed by atoms with van der Waals surface area (Å²) in [5.41, 5.74) is -0.0947. The van der Waals surface area contributed by atoms with Crippen molar-refractivity contribution in [1.29, 1.82) is 0 Å². The average molecular weight is 257 g/mol. The van der Waals surface area contributed by atoms with E-state index in [1.165, 1.54) is 26.2 Å². The minimum atomic E-state index is -0.0947. The van der Waals surface area contributed by atoms with Crippen molar-refractivity contribution in [2.45, 2.75) is 38.6 Å². The Hall–Kier alpha value is -0.160. The molecule has 1 saturated heterocycles. The highest BCUT2D eigenvalue weighted by atomic mass is 16.3. The number of hydrogen-bond acceptors (Lipinski definition) is 4. The summed E-state index contributed by atoms with van der Waals surface area (Å²) >= 11 is 0. The Bertz CT molecular complexity index is 217. The zero-order valence-electron chi connectivity index (χ0n) is 12.4. The molecule has 108 valence electrons. The van der Waals surface area contributed by atoms with Crippen LogP contribution < -0.4 is 5.32 Å². The molecule has 1 atom stereocenters. The van der Waals surface area contributed by atoms with E-state index in [1.807, 2.05) is 0 Å². The Balaban J connectivity index is 2.18. The predicted octanol–water partition coefficient (Wildman–Crippen LogP) is 0.765. The molecule has 18 heavy (non-hydrogen) atoms. The molecule has 0 aromatic heterocycles. The molecule has 1 aliphatic heterocycles. The van der Waals surface area contributed by atoms with Gasteiger partial charge in [0.1, 0.15) is 0 Å². The van der Waals surface area contributed by atoms with Crippen LogP contribution in [0.1, 0.15) is 33.1 Å². The van der Waals surface area contributed by atoms with Crippen molar-refractivity contribution >= 4 is 0 Å². The van der Waals surface area contributed by atoms with E-state index in [-0.39, 0.29) is 12.1 Å². The number of rotatable bonds is 8. The standard InChI is InChI=1S/C14H31N3O/c1-4-7-15-14(2,13-18)6-5-8-17-11-9-16(3)10-12-17/h15,18H,4-13H2,1-3H3. The van der Waals surface area contributed by atoms with Gasteiger partial charge in [-0.3, -0.25) is 0 Å². The molecule has 1 aliphatic rings. The lowest BCUT2D eigenvalue weighted by Gasteiger charge is -2.34. The third kappa shape index (κ3) is 5.65. The lowest BCUT2D eigenvalue weighted by molar-refractivity contribution is 0.133. The van der Waals surface area contributed by atoms with Crippen LogP contribution in [0.4, 0.5) is 0 Å². The van der Waals surface area contributed by atoms with Crippen LogP contribution in [0.25, 0.3) is 0 Å². The molecule has 1 heterocycles. The highest BCUT2D eigenvalue weighted by Gasteiger charge is 2.22. The maximum absolute atomic E-state index is 9.50. The van der Waals surface area contributed by atoms with Gasteiger partial charge in [0, 0.05) is 31.7 Å². The molecule has 2 N–H and O–H groups in total. The van der Waals surface area contributed by atoms with Gasteiger partial charge in [0.25, 0.3) is 0 Å². The number of piperazine rings is 1. The Labute approximate surface area is 112 Å². The maximum Gasteiger partial charge on any atom is 0.0610 e. The van der Waals surface area contributed by atoms with E-state index < -0.39 is 0 Å². The van der Waals surface area contributed by atoms with E-state index in [1.54, 1.807) is 0 Å². The molecule has 0 bridgehead atoms. The molecule has 1 unspecified atom stereocenters. The van der Waals surface area contributed by atoms with Gasteiger partial charge in [-0.2, -0.15) is 0 Å². The number of nitrogens with zero attached hydrogens (tertiary/aromatic N) is 2. The first kappa shape index (κ1) is 15.9. The van der Waals surface area contributed by atoms with Crippen molar-refractivity contribution in [3.63, 3.8) is 0 Å². The summed E-state index contributed by atoms with van der Waals surface area (Å²) in [6.45, 7) is 11.4. The zero-order valence-corrected chi connectivity index (χ0v) is 12.4. The molecule has 0 aliphatic carbocycles. The number of hydrogen-bond donors (Lipinski definition) is 2. The summed E-state index contributed by atoms with van der Waals surface area (Å²) < 4.78 is 0. The summed E-state index contributed by atoms with van der Waals surface area (Å²) in [7, 11) is 2.19. The molecule has 4 heteroatoms. The SMILES string of the molecule is CCCNC(C)(CO)CCCN1CCN(C)CC1. The second-order valence-electron chi connectivity index (χ2n) is 5.89. The summed E-state index contributed by atoms with van der Waals surface area (Å²) in [6.07, 6.45) is 3.33. The van der Waals surface area contributed by atoms with Crippen LogP contribution in [0.5, 0.6) is 0 Å². The Kier molecular flexibility index (Phi) is 7.15. The van der Waals surface area contributed by atoms with Crippen LogP contribution in [0.2, 0.25) is 0 Å². The van der Waals surface area contributed by atoms with Gasteiger partial charge in [-0.05, 0) is 46.3 Å². The van der Waals surface area contributed by atoms with Gasteiger partial charge in [-0.1, -0.05) is 6.92 Å². The average Bonchev–Trinajstić information content (AvgIpc) is 2.39. The maximum atomic E-state index is 9.50. The second kappa shape index (κ2) is 8.10. The Morgan fingerprint density at radius 3 is 2.44 bits per heavy atom. The fraction of sp³-hybridized carbons (Fsp3) is 1.00. The van der Waals surface area contributed by atoms with Crippen LogP contribution in [-0.2, 0) is 0 Å². The predicted molar refractivity (Wildman–Crippen MR) is 77.0 cm³/mol. The van der Waals surface area contributed by atoms with E-state index >= 15 is 0 Å². The van der Waals surface area contributed by atoms with Crippen molar-refractivity contribution in [3.05, 3.63) is 0 Å². The topological polar surface area (TPSA) is 38.7 Å². The normalized spacial score (nSPS) is 22.0. The van der Waals surface area contributed by atoms with Gasteiger partial charge in [0.15, 0.2) is 0 Å². The summed E-state index contributed by atoms with van der Waals surface area (Å²) in [5.74, 6) is 0. The first-order valence-corrected chi connectivity index (χ1v) is 7.36. The van der Waals surface area contributed by atoms with E-state index in [4.69, 9.17) is 0 Å². The Morgan fingerprint density at radius 1 is 1.22 bits per heavy atom. The van der Waals surface area contributed by atoms with Gasteiger partial charge in [-0.15, -0.1) is 0 Å². The van der Waals surface area contributed by atoms with E-state index in [0.29, 0.717) is 0 Å². The second-order valence-corrected chi connectivity index (χ2v) is 5.89. The molecular formula is C14H31N3O. The summed E-state index contributed by atoms with van der Waals surface area (Å²) in [4.78, 5) is 4.93. The first-order valence-electron chi connectivity index (χ1n) is 7.36. The van der Waals surface area contributed by atoms with Crippen molar-refractivity contribution in [3.8, 4) is 0 Å². The van der Waals surface area contributed by atoms with Crippen molar-refractivity contribution in [2.24, 2.45) is 0 Å². The lowest BCUT2D eigenvalue weighted by Crippen LogP contribution is -2.48. The monoisotopic (exact) mass is 257 g/mol. The molecule has 4 nitrogen and oxygen atoms in total. The molecule has 1 fully saturated rings. The highest BCUT2D eigenvalue weighted by Crippen LogP contribution is 2.13. The third-order valence-corrected chi connectivity index (χ3v) is 3.95. The number of likely N-dealkylation sites (N-methyl/N-ethyl adjacent to an activating group) is 1. The van der Waals surface area contributed by atoms with Gasteiger partial charge >= 0.3 is 0 Å². The first-order chi connectivity index (χ1) is 8.59. The Morgan fingerprint density at radius 2 is 1.89 bits per heavy atom. The minimum absolute atomic E-state index is 0.0947. The fourth-order valence-corrected chi connectivity index (χ4v) is 2.41. The van der Waals surface area contributed by atoms with Crippen LogP contribution in [0, 0.1) is 0 Å². The lowest BCUT2D eigenvalue weighted by atomic mass is 9.96. The van der Waals surface area contributed by atoms with Crippen LogP contribution in [0.15, 0.2) is 0 Å². The van der Waals surface area contributed by atoms with Crippen LogP contribution in [-0.4, -0.2) is 73.4 Å². The molecule has 1 rings (SSSR count). The molecule has 0 radical (unpaired) electrons. The minimum Gasteiger partial charge on any atom is -0.394 e. The van der Waals surface area contributed by atoms with E-state index in [0.717, 1.165) is 32.4 Å². The molecule has 0 aromatic rings. The van der Waals surface area contributed by atoms with Crippen LogP contribution >= 0.6 is 0 Å². The molecule has 0 spiro atoms. The van der Waals surface area contributed by atoms with E-state index in [2.05, 4.69) is 36.0 Å². The van der Waals surface area contributed by atoms with Gasteiger partial charge in [0.2, 0.25) is 0 Å². The number of aliphatic hydroxyl groups excluding tert-OH is 1. The number of aliphatic hydroxyl groups is 1. The van der Waals surface area contributed by atoms with Crippen molar-refractivity contribution < 1.29 is 5.11 Å². The highest BCUT2D eigenvalue weighted by molar-refractivity contribution is 4.82. The molecule has 0 saturated carbocycles. The van der Waals surface area contributed by atoms with Gasteiger partial charge in [0.05, 0.1) is 6.61 Å². The van der Waals surface area contributed by atoms with Crippen molar-refractivity contribution in [2.75, 3.05) is 52.9 Å². The smallest absolute Gasteiger partial charge is 0.0610 e. The van der Waals surface area contributed by atoms with Crippen LogP contribution in [0.3, 0.4) is 0 Å². The summed E-state index contributed by atoms with van der Waals surface area (Å²) in [6, 6.07) is 0. The molecular weight excluding hydrogens is 226 g/mol. The largest absolute Gasteiger partial charge is 0.394 e. The number of nitrogens with one attached hydrogen (secondary N) is 1. The van der Waals surface area contributed by atoms with Gasteiger partial charge < -0.3 is 20.2 Å². The molecule has 0 amide bonds. The quantitative estimate of drug-likeness (QED) is 0.673. The summed E-state index contributed by atoms with van der Waals surface area (Å²) in [5, 5.41) is 13.0. The third-order valence-electron chi connectivity index (χ3n) is 3.95. The van der Waals surface area contributed by atoms with E-state index in [9.17, 15) is 5.11 Å². The molecule has 0 aromatic carbocycles. The zero-order chi connectivity index (χ0) is 13.4. The van der Waals surface area contributed by atoms with Crippen molar-refractivity contribution in [1.82, 2.24) is 15.1 Å². The van der Waals surface area contributed by atoms with Gasteiger partial charge in [-0.25, -0.2) is 0 Å².